The van der Waals surface area contributed by atoms with Crippen molar-refractivity contribution in [2.75, 3.05) is 33.9 Å². The molecule has 1 amide bonds. The number of hydrogen-bond acceptors (Lipinski definition) is 6. The minimum atomic E-state index is -0.555. The second-order valence-electron chi connectivity index (χ2n) is 7.51. The van der Waals surface area contributed by atoms with Gasteiger partial charge in [-0.15, -0.1) is 0 Å². The molecular weight excluding hydrogens is 396 g/mol. The molecule has 0 unspecified atom stereocenters. The van der Waals surface area contributed by atoms with Crippen LogP contribution in [0, 0.1) is 0 Å². The number of nitrogens with zero attached hydrogens (tertiary/aromatic N) is 1. The highest BCUT2D eigenvalue weighted by Gasteiger charge is 2.27. The van der Waals surface area contributed by atoms with E-state index in [-0.39, 0.29) is 12.6 Å². The zero-order chi connectivity index (χ0) is 22.2. The maximum atomic E-state index is 11.2. The zero-order valence-corrected chi connectivity index (χ0v) is 18.0. The molecule has 0 saturated carbocycles. The van der Waals surface area contributed by atoms with Gasteiger partial charge < -0.3 is 14.6 Å². The summed E-state index contributed by atoms with van der Waals surface area (Å²) in [7, 11) is 3.32. The molecule has 0 spiro atoms. The number of carbonyl (C=O) groups excluding carboxylic acids is 1. The molecule has 2 aromatic carbocycles. The van der Waals surface area contributed by atoms with Crippen molar-refractivity contribution in [3.63, 3.8) is 0 Å². The van der Waals surface area contributed by atoms with E-state index in [1.807, 2.05) is 24.3 Å². The minimum absolute atomic E-state index is 0.0954. The number of fused-ring (bicyclic) bond motifs is 1. The Morgan fingerprint density at radius 1 is 1.19 bits per heavy atom. The summed E-state index contributed by atoms with van der Waals surface area (Å²) in [5.74, 6) is 1.08. The molecule has 0 saturated heterocycles. The van der Waals surface area contributed by atoms with Crippen molar-refractivity contribution in [3.05, 3.63) is 64.7 Å². The fourth-order valence-electron chi connectivity index (χ4n) is 4.20. The highest BCUT2D eigenvalue weighted by atomic mass is 16.5. The summed E-state index contributed by atoms with van der Waals surface area (Å²) in [6.45, 7) is 1.47. The van der Waals surface area contributed by atoms with Gasteiger partial charge >= 0.3 is 0 Å². The predicted molar refractivity (Wildman–Crippen MR) is 118 cm³/mol. The fourth-order valence-corrected chi connectivity index (χ4v) is 4.20. The molecule has 3 N–H and O–H groups in total. The Hall–Kier alpha value is -2.87. The van der Waals surface area contributed by atoms with Gasteiger partial charge in [-0.25, -0.2) is 5.48 Å². The molecule has 3 rings (SSSR count). The van der Waals surface area contributed by atoms with Crippen molar-refractivity contribution < 1.29 is 24.6 Å². The van der Waals surface area contributed by atoms with Crippen LogP contribution in [0.15, 0.2) is 42.5 Å². The first kappa shape index (κ1) is 22.8. The molecule has 1 aliphatic rings. The lowest BCUT2D eigenvalue weighted by Crippen LogP contribution is -2.32. The first-order chi connectivity index (χ1) is 15.1. The second-order valence-corrected chi connectivity index (χ2v) is 7.51. The van der Waals surface area contributed by atoms with Gasteiger partial charge in [-0.05, 0) is 65.8 Å². The van der Waals surface area contributed by atoms with Gasteiger partial charge in [-0.2, -0.15) is 0 Å². The zero-order valence-electron chi connectivity index (χ0n) is 18.0. The quantitative estimate of drug-likeness (QED) is 0.307. The first-order valence-corrected chi connectivity index (χ1v) is 10.4. The molecule has 0 bridgehead atoms. The largest absolute Gasteiger partial charge is 0.497 e. The molecule has 1 atom stereocenters. The Balaban J connectivity index is 1.75. The molecule has 31 heavy (non-hydrogen) atoms. The van der Waals surface area contributed by atoms with Gasteiger partial charge in [-0.1, -0.05) is 18.2 Å². The van der Waals surface area contributed by atoms with Crippen molar-refractivity contribution in [3.8, 4) is 11.5 Å². The van der Waals surface area contributed by atoms with Crippen LogP contribution in [0.1, 0.15) is 34.7 Å². The highest BCUT2D eigenvalue weighted by Crippen LogP contribution is 2.37. The van der Waals surface area contributed by atoms with Crippen LogP contribution in [0.3, 0.4) is 0 Å². The SMILES string of the molecule is COc1ccc(OC)c(CCN(CCO)[C@@H]2CCc3cc(/C=C/C(=O)NO)ccc32)c1. The fraction of sp³-hybridized carbons (Fsp3) is 0.375. The molecule has 7 heteroatoms. The van der Waals surface area contributed by atoms with Gasteiger partial charge in [0.2, 0.25) is 0 Å². The number of aryl methyl sites for hydroxylation is 1. The van der Waals surface area contributed by atoms with E-state index < -0.39 is 5.91 Å². The summed E-state index contributed by atoms with van der Waals surface area (Å²) >= 11 is 0. The van der Waals surface area contributed by atoms with Crippen molar-refractivity contribution in [2.24, 2.45) is 0 Å². The summed E-state index contributed by atoms with van der Waals surface area (Å²) in [6.07, 6.45) is 5.68. The van der Waals surface area contributed by atoms with E-state index in [4.69, 9.17) is 14.7 Å². The van der Waals surface area contributed by atoms with E-state index in [1.54, 1.807) is 25.8 Å². The van der Waals surface area contributed by atoms with Crippen LogP contribution in [0.2, 0.25) is 0 Å². The summed E-state index contributed by atoms with van der Waals surface area (Å²) in [6, 6.07) is 12.2. The Morgan fingerprint density at radius 3 is 2.74 bits per heavy atom. The standard InChI is InChI=1S/C24H30N2O5/c1-30-20-6-9-23(31-2)19(16-20)11-12-26(13-14-27)22-8-5-18-15-17(3-7-21(18)22)4-10-24(28)25-29/h3-4,6-7,9-10,15-16,22,27,29H,5,8,11-14H2,1-2H3,(H,25,28)/b10-4+/t22-/m1/s1. The van der Waals surface area contributed by atoms with Crippen LogP contribution in [0.4, 0.5) is 0 Å². The van der Waals surface area contributed by atoms with Gasteiger partial charge in [0.1, 0.15) is 11.5 Å². The molecule has 0 radical (unpaired) electrons. The lowest BCUT2D eigenvalue weighted by molar-refractivity contribution is -0.124. The lowest BCUT2D eigenvalue weighted by Gasteiger charge is -2.29. The molecule has 0 aliphatic heterocycles. The van der Waals surface area contributed by atoms with Crippen LogP contribution < -0.4 is 15.0 Å². The van der Waals surface area contributed by atoms with E-state index in [9.17, 15) is 9.90 Å². The van der Waals surface area contributed by atoms with Crippen LogP contribution in [-0.2, 0) is 17.6 Å². The lowest BCUT2D eigenvalue weighted by atomic mass is 10.0. The maximum Gasteiger partial charge on any atom is 0.267 e. The number of carbonyl (C=O) groups is 1. The number of nitrogens with one attached hydrogen (secondary N) is 1. The molecule has 2 aromatic rings. The number of hydrogen-bond donors (Lipinski definition) is 3. The van der Waals surface area contributed by atoms with Crippen molar-refractivity contribution in [1.29, 1.82) is 0 Å². The van der Waals surface area contributed by atoms with Crippen LogP contribution in [0.5, 0.6) is 11.5 Å². The van der Waals surface area contributed by atoms with Crippen LogP contribution in [-0.4, -0.2) is 55.0 Å². The highest BCUT2D eigenvalue weighted by molar-refractivity contribution is 5.90. The summed E-state index contributed by atoms with van der Waals surface area (Å²) < 4.78 is 10.9. The second kappa shape index (κ2) is 10.9. The average molecular weight is 427 g/mol. The van der Waals surface area contributed by atoms with Gasteiger partial charge in [-0.3, -0.25) is 14.9 Å². The van der Waals surface area contributed by atoms with Crippen molar-refractivity contribution in [2.45, 2.75) is 25.3 Å². The Morgan fingerprint density at radius 2 is 2.03 bits per heavy atom. The van der Waals surface area contributed by atoms with Crippen LogP contribution in [0.25, 0.3) is 6.08 Å². The van der Waals surface area contributed by atoms with Crippen LogP contribution >= 0.6 is 0 Å². The number of aliphatic hydroxyl groups is 1. The van der Waals surface area contributed by atoms with E-state index >= 15 is 0 Å². The summed E-state index contributed by atoms with van der Waals surface area (Å²) in [5.41, 5.74) is 6.09. The topological polar surface area (TPSA) is 91.3 Å². The van der Waals surface area contributed by atoms with Crippen molar-refractivity contribution >= 4 is 12.0 Å². The average Bonchev–Trinajstić information content (AvgIpc) is 3.23. The number of hydroxylamine groups is 1. The Labute approximate surface area is 182 Å². The molecule has 7 nitrogen and oxygen atoms in total. The number of benzene rings is 2. The third kappa shape index (κ3) is 5.64. The normalized spacial score (nSPS) is 15.3. The van der Waals surface area contributed by atoms with E-state index in [0.717, 1.165) is 48.4 Å². The summed E-state index contributed by atoms with van der Waals surface area (Å²) in [5, 5.41) is 18.3. The van der Waals surface area contributed by atoms with Gasteiger partial charge in [0.05, 0.1) is 20.8 Å². The van der Waals surface area contributed by atoms with E-state index in [1.165, 1.54) is 17.2 Å². The monoisotopic (exact) mass is 426 g/mol. The van der Waals surface area contributed by atoms with Gasteiger partial charge in [0.15, 0.2) is 0 Å². The molecule has 1 aliphatic carbocycles. The Bertz CT molecular complexity index is 928. The molecule has 0 aromatic heterocycles. The third-order valence-electron chi connectivity index (χ3n) is 5.73. The minimum Gasteiger partial charge on any atom is -0.497 e. The number of methoxy groups -OCH3 is 2. The Kier molecular flexibility index (Phi) is 8.06. The first-order valence-electron chi connectivity index (χ1n) is 10.4. The smallest absolute Gasteiger partial charge is 0.267 e. The number of aliphatic hydroxyl groups excluding tert-OH is 1. The van der Waals surface area contributed by atoms with E-state index in [2.05, 4.69) is 17.0 Å². The molecule has 166 valence electrons. The number of rotatable bonds is 10. The summed E-state index contributed by atoms with van der Waals surface area (Å²) in [4.78, 5) is 13.5. The molecule has 0 fully saturated rings. The predicted octanol–water partition coefficient (Wildman–Crippen LogP) is 2.75. The number of amides is 1. The molecular formula is C24H30N2O5. The van der Waals surface area contributed by atoms with Gasteiger partial charge in [0, 0.05) is 25.2 Å². The third-order valence-corrected chi connectivity index (χ3v) is 5.73. The van der Waals surface area contributed by atoms with E-state index in [0.29, 0.717) is 6.54 Å². The van der Waals surface area contributed by atoms with Gasteiger partial charge in [0.25, 0.3) is 5.91 Å². The number of ether oxygens (including phenoxy) is 2. The maximum absolute atomic E-state index is 11.2. The van der Waals surface area contributed by atoms with Crippen molar-refractivity contribution in [1.82, 2.24) is 10.4 Å². The molecule has 0 heterocycles.